The third-order valence-corrected chi connectivity index (χ3v) is 5.30. The number of aryl methyl sites for hydroxylation is 4. The van der Waals surface area contributed by atoms with Crippen LogP contribution >= 0.6 is 0 Å². The Morgan fingerprint density at radius 3 is 2.20 bits per heavy atom. The van der Waals surface area contributed by atoms with Crippen molar-refractivity contribution in [3.63, 3.8) is 0 Å². The van der Waals surface area contributed by atoms with Crippen LogP contribution in [0.5, 0.6) is 0 Å². The largest absolute Gasteiger partial charge is 0.322 e. The molecule has 2 aromatic rings. The van der Waals surface area contributed by atoms with Crippen molar-refractivity contribution in [2.24, 2.45) is 0 Å². The van der Waals surface area contributed by atoms with E-state index < -0.39 is 9.84 Å². The minimum Gasteiger partial charge on any atom is -0.322 e. The molecule has 2 rings (SSSR count). The van der Waals surface area contributed by atoms with E-state index in [-0.39, 0.29) is 10.8 Å². The summed E-state index contributed by atoms with van der Waals surface area (Å²) in [4.78, 5) is 12.4. The first kappa shape index (κ1) is 18.9. The summed E-state index contributed by atoms with van der Waals surface area (Å²) in [5.74, 6) is -0.300. The summed E-state index contributed by atoms with van der Waals surface area (Å²) < 4.78 is 23.3. The van der Waals surface area contributed by atoms with Gasteiger partial charge in [0, 0.05) is 18.0 Å². The first-order chi connectivity index (χ1) is 11.6. The van der Waals surface area contributed by atoms with E-state index in [4.69, 9.17) is 0 Å². The van der Waals surface area contributed by atoms with Gasteiger partial charge in [0.05, 0.1) is 4.90 Å². The molecule has 5 heteroatoms. The Labute approximate surface area is 149 Å². The van der Waals surface area contributed by atoms with Crippen LogP contribution in [0.3, 0.4) is 0 Å². The predicted molar refractivity (Wildman–Crippen MR) is 103 cm³/mol. The maximum atomic E-state index is 12.2. The van der Waals surface area contributed by atoms with Crippen molar-refractivity contribution in [2.75, 3.05) is 11.6 Å². The first-order valence-electron chi connectivity index (χ1n) is 7.95. The molecule has 0 aliphatic heterocycles. The molecule has 0 unspecified atom stereocenters. The van der Waals surface area contributed by atoms with Crippen molar-refractivity contribution in [2.45, 2.75) is 32.6 Å². The second-order valence-corrected chi connectivity index (χ2v) is 8.38. The highest BCUT2D eigenvalue weighted by Crippen LogP contribution is 2.21. The van der Waals surface area contributed by atoms with Crippen LogP contribution < -0.4 is 5.32 Å². The van der Waals surface area contributed by atoms with Crippen LogP contribution in [-0.4, -0.2) is 20.6 Å². The van der Waals surface area contributed by atoms with Crippen molar-refractivity contribution < 1.29 is 13.2 Å². The van der Waals surface area contributed by atoms with Gasteiger partial charge in [-0.25, -0.2) is 8.42 Å². The zero-order valence-corrected chi connectivity index (χ0v) is 16.0. The number of rotatable bonds is 4. The molecule has 4 nitrogen and oxygen atoms in total. The van der Waals surface area contributed by atoms with E-state index >= 15 is 0 Å². The molecule has 0 bridgehead atoms. The van der Waals surface area contributed by atoms with Gasteiger partial charge in [0.25, 0.3) is 0 Å². The van der Waals surface area contributed by atoms with Gasteiger partial charge < -0.3 is 5.32 Å². The predicted octanol–water partition coefficient (Wildman–Crippen LogP) is 3.98. The normalized spacial score (nSPS) is 11.7. The van der Waals surface area contributed by atoms with E-state index in [2.05, 4.69) is 18.3 Å². The minimum absolute atomic E-state index is 0.183. The summed E-state index contributed by atoms with van der Waals surface area (Å²) >= 11 is 0. The smallest absolute Gasteiger partial charge is 0.248 e. The van der Waals surface area contributed by atoms with Crippen molar-refractivity contribution >= 4 is 27.5 Å². The number of carbonyl (C=O) groups is 1. The van der Waals surface area contributed by atoms with Crippen LogP contribution in [0.15, 0.2) is 41.3 Å². The van der Waals surface area contributed by atoms with Gasteiger partial charge in [0.15, 0.2) is 9.84 Å². The zero-order chi connectivity index (χ0) is 18.8. The van der Waals surface area contributed by atoms with Gasteiger partial charge in [0.1, 0.15) is 0 Å². The maximum absolute atomic E-state index is 12.2. The average molecular weight is 357 g/mol. The SMILES string of the molecule is Cc1cc(C)c(/C=C/C(=O)Nc2cc(S(C)(=O)=O)ccc2C)cc1C. The lowest BCUT2D eigenvalue weighted by Gasteiger charge is -2.09. The summed E-state index contributed by atoms with van der Waals surface area (Å²) in [5, 5.41) is 2.75. The van der Waals surface area contributed by atoms with Gasteiger partial charge in [-0.2, -0.15) is 0 Å². The molecule has 0 atom stereocenters. The number of hydrogen-bond acceptors (Lipinski definition) is 3. The maximum Gasteiger partial charge on any atom is 0.248 e. The van der Waals surface area contributed by atoms with E-state index in [9.17, 15) is 13.2 Å². The van der Waals surface area contributed by atoms with E-state index in [1.165, 1.54) is 29.3 Å². The van der Waals surface area contributed by atoms with Gasteiger partial charge >= 0.3 is 0 Å². The topological polar surface area (TPSA) is 63.2 Å². The number of nitrogens with one attached hydrogen (secondary N) is 1. The standard InChI is InChI=1S/C20H23NO3S/c1-13-6-8-18(25(5,23)24)12-19(13)21-20(22)9-7-17-11-15(3)14(2)10-16(17)4/h6-12H,1-5H3,(H,21,22)/b9-7+. The Balaban J connectivity index is 2.22. The monoisotopic (exact) mass is 357 g/mol. The Morgan fingerprint density at radius 2 is 1.56 bits per heavy atom. The van der Waals surface area contributed by atoms with E-state index in [1.807, 2.05) is 26.8 Å². The Morgan fingerprint density at radius 1 is 0.920 bits per heavy atom. The van der Waals surface area contributed by atoms with Crippen LogP contribution in [0.1, 0.15) is 27.8 Å². The van der Waals surface area contributed by atoms with Crippen molar-refractivity contribution in [1.29, 1.82) is 0 Å². The van der Waals surface area contributed by atoms with Crippen LogP contribution in [-0.2, 0) is 14.6 Å². The van der Waals surface area contributed by atoms with Gasteiger partial charge in [-0.05, 0) is 73.7 Å². The lowest BCUT2D eigenvalue weighted by atomic mass is 10.0. The molecular weight excluding hydrogens is 334 g/mol. The molecule has 0 heterocycles. The lowest BCUT2D eigenvalue weighted by molar-refractivity contribution is -0.111. The summed E-state index contributed by atoms with van der Waals surface area (Å²) in [6, 6.07) is 8.84. The fraction of sp³-hybridized carbons (Fsp3) is 0.250. The second-order valence-electron chi connectivity index (χ2n) is 6.36. The molecule has 0 spiro atoms. The Kier molecular flexibility index (Phi) is 5.48. The second kappa shape index (κ2) is 7.23. The summed E-state index contributed by atoms with van der Waals surface area (Å²) in [6.07, 6.45) is 4.38. The lowest BCUT2D eigenvalue weighted by Crippen LogP contribution is -2.10. The van der Waals surface area contributed by atoms with Crippen LogP contribution in [0.4, 0.5) is 5.69 Å². The number of carbonyl (C=O) groups excluding carboxylic acids is 1. The Hall–Kier alpha value is -2.40. The molecule has 0 aromatic heterocycles. The molecule has 0 aliphatic rings. The summed E-state index contributed by atoms with van der Waals surface area (Å²) in [7, 11) is -3.32. The molecular formula is C20H23NO3S. The van der Waals surface area contributed by atoms with Gasteiger partial charge in [-0.1, -0.05) is 18.2 Å². The molecule has 25 heavy (non-hydrogen) atoms. The highest BCUT2D eigenvalue weighted by Gasteiger charge is 2.10. The fourth-order valence-corrected chi connectivity index (χ4v) is 3.12. The van der Waals surface area contributed by atoms with Crippen LogP contribution in [0.2, 0.25) is 0 Å². The molecule has 132 valence electrons. The van der Waals surface area contributed by atoms with Gasteiger partial charge in [-0.15, -0.1) is 0 Å². The first-order valence-corrected chi connectivity index (χ1v) is 9.84. The minimum atomic E-state index is -3.32. The molecule has 0 saturated heterocycles. The third-order valence-electron chi connectivity index (χ3n) is 4.19. The highest BCUT2D eigenvalue weighted by molar-refractivity contribution is 7.90. The van der Waals surface area contributed by atoms with Crippen LogP contribution in [0, 0.1) is 27.7 Å². The number of amides is 1. The number of sulfone groups is 1. The number of benzene rings is 2. The molecule has 0 fully saturated rings. The van der Waals surface area contributed by atoms with E-state index in [1.54, 1.807) is 12.1 Å². The highest BCUT2D eigenvalue weighted by atomic mass is 32.2. The average Bonchev–Trinajstić information content (AvgIpc) is 2.50. The molecule has 2 aromatic carbocycles. The molecule has 1 N–H and O–H groups in total. The van der Waals surface area contributed by atoms with Crippen LogP contribution in [0.25, 0.3) is 6.08 Å². The van der Waals surface area contributed by atoms with Crippen molar-refractivity contribution in [3.05, 3.63) is 64.2 Å². The fourth-order valence-electron chi connectivity index (χ4n) is 2.47. The Bertz CT molecular complexity index is 957. The quantitative estimate of drug-likeness (QED) is 0.842. The zero-order valence-electron chi connectivity index (χ0n) is 15.2. The summed E-state index contributed by atoms with van der Waals surface area (Å²) in [5.41, 5.74) is 5.77. The van der Waals surface area contributed by atoms with Crippen molar-refractivity contribution in [1.82, 2.24) is 0 Å². The van der Waals surface area contributed by atoms with E-state index in [0.717, 1.165) is 22.9 Å². The molecule has 0 radical (unpaired) electrons. The number of hydrogen-bond donors (Lipinski definition) is 1. The third kappa shape index (κ3) is 4.79. The molecule has 0 aliphatic carbocycles. The summed E-state index contributed by atoms with van der Waals surface area (Å²) in [6.45, 7) is 7.91. The van der Waals surface area contributed by atoms with Crippen molar-refractivity contribution in [3.8, 4) is 0 Å². The van der Waals surface area contributed by atoms with E-state index in [0.29, 0.717) is 5.69 Å². The number of anilines is 1. The van der Waals surface area contributed by atoms with Gasteiger partial charge in [0.2, 0.25) is 5.91 Å². The molecule has 1 amide bonds. The van der Waals surface area contributed by atoms with Gasteiger partial charge in [-0.3, -0.25) is 4.79 Å². The molecule has 0 saturated carbocycles.